The maximum atomic E-state index is 10.3. The highest BCUT2D eigenvalue weighted by Gasteiger charge is 2.38. The highest BCUT2D eigenvalue weighted by atomic mass is 16.3. The molecule has 2 aliphatic carbocycles. The Morgan fingerprint density at radius 1 is 0.941 bits per heavy atom. The molecule has 5 atom stereocenters. The zero-order valence-electron chi connectivity index (χ0n) is 11.1. The van der Waals surface area contributed by atoms with E-state index in [1.807, 2.05) is 0 Å². The Bertz CT molecular complexity index is 256. The molecule has 2 heteroatoms. The molecule has 17 heavy (non-hydrogen) atoms. The molecule has 1 aliphatic heterocycles. The first-order chi connectivity index (χ1) is 8.22. The van der Waals surface area contributed by atoms with Gasteiger partial charge >= 0.3 is 0 Å². The molecular formula is C15H27NO. The lowest BCUT2D eigenvalue weighted by atomic mass is 9.75. The van der Waals surface area contributed by atoms with Gasteiger partial charge in [0.15, 0.2) is 0 Å². The average molecular weight is 237 g/mol. The van der Waals surface area contributed by atoms with Gasteiger partial charge < -0.3 is 5.11 Å². The topological polar surface area (TPSA) is 23.5 Å². The number of aliphatic hydroxyl groups excluding tert-OH is 1. The Balaban J connectivity index is 1.66. The number of likely N-dealkylation sites (tertiary alicyclic amines) is 1. The van der Waals surface area contributed by atoms with Gasteiger partial charge in [-0.15, -0.1) is 0 Å². The van der Waals surface area contributed by atoms with Crippen LogP contribution in [0.1, 0.15) is 51.9 Å². The van der Waals surface area contributed by atoms with Gasteiger partial charge in [-0.3, -0.25) is 4.90 Å². The zero-order valence-corrected chi connectivity index (χ0v) is 11.1. The summed E-state index contributed by atoms with van der Waals surface area (Å²) in [6.45, 7) is 4.89. The fourth-order valence-electron chi connectivity index (χ4n) is 4.47. The summed E-state index contributed by atoms with van der Waals surface area (Å²) < 4.78 is 0. The first-order valence-electron chi connectivity index (χ1n) is 7.64. The van der Waals surface area contributed by atoms with E-state index in [0.717, 1.165) is 24.2 Å². The molecule has 3 aliphatic rings. The van der Waals surface area contributed by atoms with Gasteiger partial charge in [-0.1, -0.05) is 13.3 Å². The van der Waals surface area contributed by atoms with Crippen molar-refractivity contribution in [1.29, 1.82) is 0 Å². The summed E-state index contributed by atoms with van der Waals surface area (Å²) in [7, 11) is 0. The highest BCUT2D eigenvalue weighted by Crippen LogP contribution is 2.37. The summed E-state index contributed by atoms with van der Waals surface area (Å²) in [6.07, 6.45) is 9.21. The van der Waals surface area contributed by atoms with Gasteiger partial charge in [-0.25, -0.2) is 0 Å². The summed E-state index contributed by atoms with van der Waals surface area (Å²) in [4.78, 5) is 2.65. The molecule has 2 saturated carbocycles. The first kappa shape index (κ1) is 12.0. The van der Waals surface area contributed by atoms with Crippen LogP contribution in [-0.2, 0) is 0 Å². The van der Waals surface area contributed by atoms with Crippen LogP contribution in [0.3, 0.4) is 0 Å². The molecule has 1 heterocycles. The van der Waals surface area contributed by atoms with E-state index in [2.05, 4.69) is 11.8 Å². The number of aliphatic hydroxyl groups is 1. The predicted octanol–water partition coefficient (Wildman–Crippen LogP) is 2.66. The molecule has 98 valence electrons. The van der Waals surface area contributed by atoms with Crippen molar-refractivity contribution in [2.75, 3.05) is 13.1 Å². The van der Waals surface area contributed by atoms with Crippen LogP contribution < -0.4 is 0 Å². The van der Waals surface area contributed by atoms with Crippen LogP contribution >= 0.6 is 0 Å². The Labute approximate surface area is 105 Å². The summed E-state index contributed by atoms with van der Waals surface area (Å²) in [5, 5.41) is 10.3. The van der Waals surface area contributed by atoms with E-state index in [4.69, 9.17) is 0 Å². The van der Waals surface area contributed by atoms with Gasteiger partial charge in [0.1, 0.15) is 0 Å². The molecule has 5 unspecified atom stereocenters. The Morgan fingerprint density at radius 3 is 2.35 bits per heavy atom. The monoisotopic (exact) mass is 237 g/mol. The normalized spacial score (nSPS) is 48.0. The fourth-order valence-corrected chi connectivity index (χ4v) is 4.47. The Hall–Kier alpha value is -0.0800. The van der Waals surface area contributed by atoms with Crippen molar-refractivity contribution in [3.05, 3.63) is 0 Å². The number of rotatable bonds is 1. The van der Waals surface area contributed by atoms with Gasteiger partial charge in [0, 0.05) is 19.1 Å². The van der Waals surface area contributed by atoms with Crippen LogP contribution in [0.5, 0.6) is 0 Å². The molecule has 0 aromatic heterocycles. The van der Waals surface area contributed by atoms with Gasteiger partial charge in [0.25, 0.3) is 0 Å². The van der Waals surface area contributed by atoms with E-state index < -0.39 is 0 Å². The summed E-state index contributed by atoms with van der Waals surface area (Å²) >= 11 is 0. The molecule has 0 spiro atoms. The second-order valence-corrected chi connectivity index (χ2v) is 6.91. The SMILES string of the molecule is CC1CCC(O)C(N2CC3CCCC(C3)C2)C1. The van der Waals surface area contributed by atoms with E-state index in [9.17, 15) is 5.11 Å². The third kappa shape index (κ3) is 2.53. The van der Waals surface area contributed by atoms with Gasteiger partial charge in [0.2, 0.25) is 0 Å². The summed E-state index contributed by atoms with van der Waals surface area (Å²) in [5.74, 6) is 2.68. The van der Waals surface area contributed by atoms with E-state index >= 15 is 0 Å². The zero-order chi connectivity index (χ0) is 11.8. The van der Waals surface area contributed by atoms with Crippen molar-refractivity contribution in [3.63, 3.8) is 0 Å². The van der Waals surface area contributed by atoms with E-state index in [1.54, 1.807) is 0 Å². The maximum absolute atomic E-state index is 10.3. The van der Waals surface area contributed by atoms with Crippen molar-refractivity contribution in [2.45, 2.75) is 64.0 Å². The number of fused-ring (bicyclic) bond motifs is 2. The van der Waals surface area contributed by atoms with Crippen molar-refractivity contribution in [1.82, 2.24) is 4.90 Å². The van der Waals surface area contributed by atoms with Crippen molar-refractivity contribution >= 4 is 0 Å². The van der Waals surface area contributed by atoms with Crippen LogP contribution in [0, 0.1) is 17.8 Å². The van der Waals surface area contributed by atoms with Crippen molar-refractivity contribution in [2.24, 2.45) is 17.8 Å². The van der Waals surface area contributed by atoms with E-state index in [0.29, 0.717) is 6.04 Å². The number of piperidine rings is 1. The summed E-state index contributed by atoms with van der Waals surface area (Å²) in [5.41, 5.74) is 0. The second-order valence-electron chi connectivity index (χ2n) is 6.91. The quantitative estimate of drug-likeness (QED) is 0.758. The van der Waals surface area contributed by atoms with Crippen LogP contribution in [0.25, 0.3) is 0 Å². The van der Waals surface area contributed by atoms with Crippen LogP contribution in [-0.4, -0.2) is 35.2 Å². The maximum Gasteiger partial charge on any atom is 0.0695 e. The van der Waals surface area contributed by atoms with Crippen molar-refractivity contribution in [3.8, 4) is 0 Å². The largest absolute Gasteiger partial charge is 0.391 e. The molecule has 1 saturated heterocycles. The minimum absolute atomic E-state index is 0.0509. The third-order valence-corrected chi connectivity index (χ3v) is 5.39. The third-order valence-electron chi connectivity index (χ3n) is 5.39. The van der Waals surface area contributed by atoms with Gasteiger partial charge in [-0.05, 0) is 56.3 Å². The molecule has 2 nitrogen and oxygen atoms in total. The fraction of sp³-hybridized carbons (Fsp3) is 1.00. The summed E-state index contributed by atoms with van der Waals surface area (Å²) in [6, 6.07) is 0.474. The van der Waals surface area contributed by atoms with Crippen LogP contribution in [0.2, 0.25) is 0 Å². The van der Waals surface area contributed by atoms with Crippen molar-refractivity contribution < 1.29 is 5.11 Å². The Kier molecular flexibility index (Phi) is 3.45. The van der Waals surface area contributed by atoms with E-state index in [1.165, 1.54) is 51.6 Å². The highest BCUT2D eigenvalue weighted by molar-refractivity contribution is 4.91. The van der Waals surface area contributed by atoms with E-state index in [-0.39, 0.29) is 6.10 Å². The van der Waals surface area contributed by atoms with Crippen LogP contribution in [0.4, 0.5) is 0 Å². The first-order valence-corrected chi connectivity index (χ1v) is 7.64. The standard InChI is InChI=1S/C15H27NO/c1-11-5-6-15(17)14(7-11)16-9-12-3-2-4-13(8-12)10-16/h11-15,17H,2-10H2,1H3. The lowest BCUT2D eigenvalue weighted by Gasteiger charge is -2.48. The minimum Gasteiger partial charge on any atom is -0.391 e. The number of hydrogen-bond acceptors (Lipinski definition) is 2. The minimum atomic E-state index is -0.0509. The van der Waals surface area contributed by atoms with Gasteiger partial charge in [-0.2, -0.15) is 0 Å². The van der Waals surface area contributed by atoms with Crippen LogP contribution in [0.15, 0.2) is 0 Å². The molecule has 2 bridgehead atoms. The number of nitrogens with zero attached hydrogens (tertiary/aromatic N) is 1. The molecule has 3 rings (SSSR count). The predicted molar refractivity (Wildman–Crippen MR) is 69.8 cm³/mol. The number of hydrogen-bond donors (Lipinski definition) is 1. The molecule has 1 N–H and O–H groups in total. The average Bonchev–Trinajstić information content (AvgIpc) is 2.32. The molecule has 0 radical (unpaired) electrons. The molecule has 3 fully saturated rings. The lowest BCUT2D eigenvalue weighted by molar-refractivity contribution is -0.0336. The smallest absolute Gasteiger partial charge is 0.0695 e. The lowest BCUT2D eigenvalue weighted by Crippen LogP contribution is -2.53. The molecular weight excluding hydrogens is 210 g/mol. The molecule has 0 aromatic rings. The second kappa shape index (κ2) is 4.89. The molecule has 0 amide bonds. The van der Waals surface area contributed by atoms with Gasteiger partial charge in [0.05, 0.1) is 6.10 Å². The Morgan fingerprint density at radius 2 is 1.65 bits per heavy atom. The molecule has 0 aromatic carbocycles.